The molecule has 0 aliphatic carbocycles. The normalized spacial score (nSPS) is 15.8. The Morgan fingerprint density at radius 2 is 1.88 bits per heavy atom. The predicted octanol–water partition coefficient (Wildman–Crippen LogP) is 3.66. The van der Waals surface area contributed by atoms with E-state index in [9.17, 15) is 4.79 Å². The molecule has 0 radical (unpaired) electrons. The van der Waals surface area contributed by atoms with Gasteiger partial charge in [0.1, 0.15) is 5.00 Å². The number of hydrogen-bond donors (Lipinski definition) is 2. The Balaban J connectivity index is 1.53. The third kappa shape index (κ3) is 4.62. The van der Waals surface area contributed by atoms with Gasteiger partial charge in [0.05, 0.1) is 11.3 Å². The molecule has 0 bridgehead atoms. The van der Waals surface area contributed by atoms with Crippen LogP contribution in [0.15, 0.2) is 24.3 Å². The van der Waals surface area contributed by atoms with Crippen LogP contribution in [0, 0.1) is 12.8 Å². The molecule has 1 aliphatic heterocycles. The summed E-state index contributed by atoms with van der Waals surface area (Å²) in [7, 11) is 1.81. The number of carbonyl (C=O) groups excluding carboxylic acids is 1. The molecule has 2 aromatic rings. The maximum Gasteiger partial charge on any atom is 0.256 e. The predicted molar refractivity (Wildman–Crippen MR) is 108 cm³/mol. The minimum Gasteiger partial charge on any atom is -0.378 e. The number of nitrogens with zero attached hydrogens (tertiary/aromatic N) is 2. The van der Waals surface area contributed by atoms with Crippen molar-refractivity contribution in [2.75, 3.05) is 25.5 Å². The number of amides is 1. The van der Waals surface area contributed by atoms with E-state index in [0.717, 1.165) is 28.7 Å². The summed E-state index contributed by atoms with van der Waals surface area (Å²) >= 11 is 1.32. The van der Waals surface area contributed by atoms with Crippen molar-refractivity contribution in [1.29, 1.82) is 0 Å². The number of carbonyl (C=O) groups is 1. The highest BCUT2D eigenvalue weighted by Crippen LogP contribution is 2.23. The van der Waals surface area contributed by atoms with Gasteiger partial charge in [-0.15, -0.1) is 0 Å². The van der Waals surface area contributed by atoms with Crippen molar-refractivity contribution in [3.63, 3.8) is 0 Å². The minimum absolute atomic E-state index is 0.0767. The SMILES string of the molecule is CNc1snc(C)c1C(=O)NCc1ccc(CN2CCC(C)CC2)cc1. The molecule has 1 aliphatic rings. The van der Waals surface area contributed by atoms with E-state index in [1.54, 1.807) is 0 Å². The van der Waals surface area contributed by atoms with Crippen molar-refractivity contribution >= 4 is 22.4 Å². The fourth-order valence-corrected chi connectivity index (χ4v) is 4.06. The highest BCUT2D eigenvalue weighted by Gasteiger charge is 2.18. The lowest BCUT2D eigenvalue weighted by atomic mass is 9.99. The molecule has 1 aromatic heterocycles. The van der Waals surface area contributed by atoms with Crippen molar-refractivity contribution in [3.8, 4) is 0 Å². The second kappa shape index (κ2) is 8.64. The largest absolute Gasteiger partial charge is 0.378 e. The zero-order valence-electron chi connectivity index (χ0n) is 15.8. The molecule has 1 fully saturated rings. The Labute approximate surface area is 160 Å². The number of rotatable bonds is 6. The third-order valence-electron chi connectivity index (χ3n) is 5.08. The summed E-state index contributed by atoms with van der Waals surface area (Å²) in [5.74, 6) is 0.787. The number of benzene rings is 1. The summed E-state index contributed by atoms with van der Waals surface area (Å²) in [6.07, 6.45) is 2.60. The lowest BCUT2D eigenvalue weighted by molar-refractivity contribution is 0.0951. The molecule has 0 spiro atoms. The summed E-state index contributed by atoms with van der Waals surface area (Å²) in [6.45, 7) is 8.14. The van der Waals surface area contributed by atoms with Gasteiger partial charge in [-0.2, -0.15) is 4.37 Å². The molecule has 1 aromatic carbocycles. The fourth-order valence-electron chi connectivity index (χ4n) is 3.32. The quantitative estimate of drug-likeness (QED) is 0.813. The molecule has 140 valence electrons. The molecule has 26 heavy (non-hydrogen) atoms. The number of anilines is 1. The second-order valence-electron chi connectivity index (χ2n) is 7.18. The Kier molecular flexibility index (Phi) is 6.27. The monoisotopic (exact) mass is 372 g/mol. The number of aryl methyl sites for hydroxylation is 1. The van der Waals surface area contributed by atoms with Gasteiger partial charge in [0.25, 0.3) is 5.91 Å². The first-order valence-corrected chi connectivity index (χ1v) is 10.1. The highest BCUT2D eigenvalue weighted by molar-refractivity contribution is 7.10. The molecule has 1 amide bonds. The first kappa shape index (κ1) is 18.9. The Bertz CT molecular complexity index is 733. The van der Waals surface area contributed by atoms with Crippen LogP contribution in [0.2, 0.25) is 0 Å². The van der Waals surface area contributed by atoms with Crippen LogP contribution < -0.4 is 10.6 Å². The molecule has 0 saturated carbocycles. The van der Waals surface area contributed by atoms with Gasteiger partial charge in [-0.1, -0.05) is 31.2 Å². The number of nitrogens with one attached hydrogen (secondary N) is 2. The Hall–Kier alpha value is -1.92. The van der Waals surface area contributed by atoms with Gasteiger partial charge < -0.3 is 10.6 Å². The van der Waals surface area contributed by atoms with E-state index < -0.39 is 0 Å². The molecule has 3 rings (SSSR count). The van der Waals surface area contributed by atoms with Crippen molar-refractivity contribution < 1.29 is 4.79 Å². The summed E-state index contributed by atoms with van der Waals surface area (Å²) < 4.78 is 4.25. The number of hydrogen-bond acceptors (Lipinski definition) is 5. The topological polar surface area (TPSA) is 57.3 Å². The van der Waals surface area contributed by atoms with Crippen LogP contribution in [-0.4, -0.2) is 35.3 Å². The van der Waals surface area contributed by atoms with Crippen LogP contribution in [-0.2, 0) is 13.1 Å². The molecule has 6 heteroatoms. The number of aromatic nitrogens is 1. The number of likely N-dealkylation sites (tertiary alicyclic amines) is 1. The zero-order chi connectivity index (χ0) is 18.5. The van der Waals surface area contributed by atoms with E-state index in [2.05, 4.69) is 51.1 Å². The first-order valence-electron chi connectivity index (χ1n) is 9.29. The molecule has 0 unspecified atom stereocenters. The van der Waals surface area contributed by atoms with Gasteiger partial charge in [-0.05, 0) is 61.4 Å². The molecular weight excluding hydrogens is 344 g/mol. The van der Waals surface area contributed by atoms with Gasteiger partial charge in [0.2, 0.25) is 0 Å². The van der Waals surface area contributed by atoms with Gasteiger partial charge in [-0.25, -0.2) is 0 Å². The zero-order valence-corrected chi connectivity index (χ0v) is 16.7. The molecule has 2 N–H and O–H groups in total. The van der Waals surface area contributed by atoms with Crippen LogP contribution in [0.5, 0.6) is 0 Å². The van der Waals surface area contributed by atoms with Crippen LogP contribution in [0.25, 0.3) is 0 Å². The minimum atomic E-state index is -0.0767. The number of piperidine rings is 1. The van der Waals surface area contributed by atoms with Crippen LogP contribution in [0.1, 0.15) is 46.9 Å². The smallest absolute Gasteiger partial charge is 0.256 e. The highest BCUT2D eigenvalue weighted by atomic mass is 32.1. The van der Waals surface area contributed by atoms with Gasteiger partial charge >= 0.3 is 0 Å². The fraction of sp³-hybridized carbons (Fsp3) is 0.500. The average Bonchev–Trinajstić information content (AvgIpc) is 3.03. The van der Waals surface area contributed by atoms with E-state index in [0.29, 0.717) is 12.1 Å². The molecule has 2 heterocycles. The summed E-state index contributed by atoms with van der Waals surface area (Å²) in [4.78, 5) is 15.0. The van der Waals surface area contributed by atoms with E-state index >= 15 is 0 Å². The van der Waals surface area contributed by atoms with Crippen molar-refractivity contribution in [2.45, 2.75) is 39.8 Å². The molecule has 5 nitrogen and oxygen atoms in total. The van der Waals surface area contributed by atoms with E-state index in [-0.39, 0.29) is 5.91 Å². The lowest BCUT2D eigenvalue weighted by Gasteiger charge is -2.30. The van der Waals surface area contributed by atoms with E-state index in [1.807, 2.05) is 14.0 Å². The Morgan fingerprint density at radius 3 is 2.54 bits per heavy atom. The molecular formula is C20H28N4OS. The summed E-state index contributed by atoms with van der Waals surface area (Å²) in [5.41, 5.74) is 3.86. The average molecular weight is 373 g/mol. The van der Waals surface area contributed by atoms with Gasteiger partial charge in [0.15, 0.2) is 0 Å². The standard InChI is InChI=1S/C20H28N4OS/c1-14-8-10-24(11-9-14)13-17-6-4-16(5-7-17)12-22-19(25)18-15(2)23-26-20(18)21-3/h4-7,14,21H,8-13H2,1-3H3,(H,22,25). The van der Waals surface area contributed by atoms with Crippen molar-refractivity contribution in [3.05, 3.63) is 46.6 Å². The van der Waals surface area contributed by atoms with E-state index in [4.69, 9.17) is 0 Å². The Morgan fingerprint density at radius 1 is 1.23 bits per heavy atom. The van der Waals surface area contributed by atoms with Crippen molar-refractivity contribution in [1.82, 2.24) is 14.6 Å². The van der Waals surface area contributed by atoms with Crippen molar-refractivity contribution in [2.24, 2.45) is 5.92 Å². The maximum absolute atomic E-state index is 12.4. The summed E-state index contributed by atoms with van der Waals surface area (Å²) in [6, 6.07) is 8.58. The maximum atomic E-state index is 12.4. The van der Waals surface area contributed by atoms with Crippen LogP contribution in [0.3, 0.4) is 0 Å². The van der Waals surface area contributed by atoms with Gasteiger partial charge in [-0.3, -0.25) is 9.69 Å². The first-order chi connectivity index (χ1) is 12.6. The molecule has 0 atom stereocenters. The molecule has 1 saturated heterocycles. The lowest BCUT2D eigenvalue weighted by Crippen LogP contribution is -2.32. The van der Waals surface area contributed by atoms with E-state index in [1.165, 1.54) is 43.0 Å². The van der Waals surface area contributed by atoms with Gasteiger partial charge in [0, 0.05) is 20.1 Å². The third-order valence-corrected chi connectivity index (χ3v) is 6.03. The van der Waals surface area contributed by atoms with Crippen LogP contribution in [0.4, 0.5) is 5.00 Å². The second-order valence-corrected chi connectivity index (χ2v) is 7.95. The summed E-state index contributed by atoms with van der Waals surface area (Å²) in [5, 5.41) is 6.85. The van der Waals surface area contributed by atoms with Crippen LogP contribution >= 0.6 is 11.5 Å².